The van der Waals surface area contributed by atoms with Gasteiger partial charge in [0.15, 0.2) is 5.69 Å². The number of alkyl halides is 2. The van der Waals surface area contributed by atoms with Crippen LogP contribution in [0.1, 0.15) is 16.2 Å². The van der Waals surface area contributed by atoms with Gasteiger partial charge in [0.05, 0.1) is 13.1 Å². The molecular formula is C7H8F2N4O2. The van der Waals surface area contributed by atoms with E-state index in [2.05, 4.69) is 14.9 Å². The summed E-state index contributed by atoms with van der Waals surface area (Å²) in [5.41, 5.74) is 5.07. The number of carbonyl (C=O) groups is 1. The SMILES string of the molecule is NC(=O)c1nonc1CN1CC(F)(F)C1. The first-order valence-corrected chi connectivity index (χ1v) is 4.19. The number of aromatic nitrogens is 2. The third-order valence-electron chi connectivity index (χ3n) is 2.07. The lowest BCUT2D eigenvalue weighted by molar-refractivity contribution is -0.134. The molecule has 6 nitrogen and oxygen atoms in total. The minimum Gasteiger partial charge on any atom is -0.364 e. The molecular weight excluding hydrogens is 210 g/mol. The van der Waals surface area contributed by atoms with Crippen molar-refractivity contribution in [2.24, 2.45) is 5.73 Å². The topological polar surface area (TPSA) is 85.2 Å². The monoisotopic (exact) mass is 218 g/mol. The maximum Gasteiger partial charge on any atom is 0.272 e. The Kier molecular flexibility index (Phi) is 2.14. The number of nitrogens with zero attached hydrogens (tertiary/aromatic N) is 3. The zero-order chi connectivity index (χ0) is 11.1. The Morgan fingerprint density at radius 1 is 1.53 bits per heavy atom. The van der Waals surface area contributed by atoms with Crippen molar-refractivity contribution in [3.63, 3.8) is 0 Å². The van der Waals surface area contributed by atoms with Gasteiger partial charge < -0.3 is 5.73 Å². The van der Waals surface area contributed by atoms with E-state index in [1.54, 1.807) is 0 Å². The van der Waals surface area contributed by atoms with Crippen molar-refractivity contribution < 1.29 is 18.2 Å². The van der Waals surface area contributed by atoms with Gasteiger partial charge >= 0.3 is 0 Å². The highest BCUT2D eigenvalue weighted by atomic mass is 19.3. The molecule has 1 aromatic heterocycles. The van der Waals surface area contributed by atoms with E-state index >= 15 is 0 Å². The Balaban J connectivity index is 2.00. The minimum absolute atomic E-state index is 0.0946. The molecule has 2 N–H and O–H groups in total. The van der Waals surface area contributed by atoms with Crippen LogP contribution in [0.15, 0.2) is 4.63 Å². The second-order valence-electron chi connectivity index (χ2n) is 3.42. The Hall–Kier alpha value is -1.57. The number of amides is 1. The number of rotatable bonds is 3. The number of halogens is 2. The van der Waals surface area contributed by atoms with Crippen molar-refractivity contribution in [2.45, 2.75) is 12.5 Å². The fourth-order valence-electron chi connectivity index (χ4n) is 1.43. The number of likely N-dealkylation sites (tertiary alicyclic amines) is 1. The normalized spacial score (nSPS) is 19.9. The molecule has 8 heteroatoms. The zero-order valence-electron chi connectivity index (χ0n) is 7.61. The van der Waals surface area contributed by atoms with Gasteiger partial charge in [-0.05, 0) is 5.16 Å². The largest absolute Gasteiger partial charge is 0.364 e. The molecule has 1 amide bonds. The molecule has 1 aliphatic rings. The van der Waals surface area contributed by atoms with Crippen LogP contribution in [0.5, 0.6) is 0 Å². The molecule has 0 unspecified atom stereocenters. The van der Waals surface area contributed by atoms with Crippen LogP contribution in [0.2, 0.25) is 0 Å². The molecule has 0 radical (unpaired) electrons. The van der Waals surface area contributed by atoms with E-state index in [1.165, 1.54) is 4.90 Å². The number of carbonyl (C=O) groups excluding carboxylic acids is 1. The summed E-state index contributed by atoms with van der Waals surface area (Å²) in [6.45, 7) is -0.604. The summed E-state index contributed by atoms with van der Waals surface area (Å²) in [4.78, 5) is 12.2. The smallest absolute Gasteiger partial charge is 0.272 e. The summed E-state index contributed by atoms with van der Waals surface area (Å²) >= 11 is 0. The van der Waals surface area contributed by atoms with E-state index in [0.29, 0.717) is 0 Å². The maximum absolute atomic E-state index is 12.5. The van der Waals surface area contributed by atoms with Gasteiger partial charge in [0, 0.05) is 6.54 Å². The number of nitrogens with two attached hydrogens (primary N) is 1. The van der Waals surface area contributed by atoms with Crippen LogP contribution in [0, 0.1) is 0 Å². The van der Waals surface area contributed by atoms with Crippen LogP contribution >= 0.6 is 0 Å². The van der Waals surface area contributed by atoms with Gasteiger partial charge in [0.2, 0.25) is 0 Å². The predicted molar refractivity (Wildman–Crippen MR) is 43.0 cm³/mol. The molecule has 1 aliphatic heterocycles. The van der Waals surface area contributed by atoms with Gasteiger partial charge in [-0.3, -0.25) is 9.69 Å². The van der Waals surface area contributed by atoms with Gasteiger partial charge in [-0.25, -0.2) is 13.4 Å². The van der Waals surface area contributed by atoms with E-state index in [4.69, 9.17) is 5.73 Å². The van der Waals surface area contributed by atoms with Crippen molar-refractivity contribution in [2.75, 3.05) is 13.1 Å². The summed E-state index contributed by atoms with van der Waals surface area (Å²) in [5.74, 6) is -3.43. The summed E-state index contributed by atoms with van der Waals surface area (Å²) in [6, 6.07) is 0. The molecule has 0 saturated carbocycles. The molecule has 1 aromatic rings. The second-order valence-corrected chi connectivity index (χ2v) is 3.42. The molecule has 0 bridgehead atoms. The highest BCUT2D eigenvalue weighted by Crippen LogP contribution is 2.27. The molecule has 0 aromatic carbocycles. The van der Waals surface area contributed by atoms with Crippen molar-refractivity contribution in [3.8, 4) is 0 Å². The van der Waals surface area contributed by atoms with Crippen LogP contribution in [0.4, 0.5) is 8.78 Å². The Morgan fingerprint density at radius 2 is 2.20 bits per heavy atom. The average molecular weight is 218 g/mol. The molecule has 0 spiro atoms. The summed E-state index contributed by atoms with van der Waals surface area (Å²) < 4.78 is 29.3. The summed E-state index contributed by atoms with van der Waals surface area (Å²) in [7, 11) is 0. The second kappa shape index (κ2) is 3.23. The molecule has 0 atom stereocenters. The molecule has 0 aliphatic carbocycles. The highest BCUT2D eigenvalue weighted by Gasteiger charge is 2.44. The van der Waals surface area contributed by atoms with Gasteiger partial charge in [-0.15, -0.1) is 0 Å². The molecule has 2 heterocycles. The van der Waals surface area contributed by atoms with E-state index in [9.17, 15) is 13.6 Å². The molecule has 2 rings (SSSR count). The number of primary amides is 1. The fourth-order valence-corrected chi connectivity index (χ4v) is 1.43. The maximum atomic E-state index is 12.5. The summed E-state index contributed by atoms with van der Waals surface area (Å²) in [5, 5.41) is 6.72. The lowest BCUT2D eigenvalue weighted by atomic mass is 10.1. The van der Waals surface area contributed by atoms with Gasteiger partial charge in [0.1, 0.15) is 5.69 Å². The third-order valence-corrected chi connectivity index (χ3v) is 2.07. The lowest BCUT2D eigenvalue weighted by Gasteiger charge is -2.37. The van der Waals surface area contributed by atoms with Crippen LogP contribution < -0.4 is 5.73 Å². The van der Waals surface area contributed by atoms with Crippen LogP contribution in [-0.2, 0) is 6.54 Å². The van der Waals surface area contributed by atoms with Crippen molar-refractivity contribution in [1.29, 1.82) is 0 Å². The summed E-state index contributed by atoms with van der Waals surface area (Å²) in [6.07, 6.45) is 0. The third kappa shape index (κ3) is 1.94. The van der Waals surface area contributed by atoms with Crippen LogP contribution in [0.25, 0.3) is 0 Å². The van der Waals surface area contributed by atoms with Crippen molar-refractivity contribution in [3.05, 3.63) is 11.4 Å². The first kappa shape index (κ1) is 9.97. The Morgan fingerprint density at radius 3 is 2.73 bits per heavy atom. The van der Waals surface area contributed by atoms with Gasteiger partial charge in [0.25, 0.3) is 11.8 Å². The predicted octanol–water partition coefficient (Wildman–Crippen LogP) is -0.381. The van der Waals surface area contributed by atoms with Crippen molar-refractivity contribution >= 4 is 5.91 Å². The molecule has 1 saturated heterocycles. The lowest BCUT2D eigenvalue weighted by Crippen LogP contribution is -2.55. The van der Waals surface area contributed by atoms with E-state index in [0.717, 1.165) is 0 Å². The highest BCUT2D eigenvalue weighted by molar-refractivity contribution is 5.91. The minimum atomic E-state index is -2.65. The zero-order valence-corrected chi connectivity index (χ0v) is 7.61. The van der Waals surface area contributed by atoms with Crippen LogP contribution in [-0.4, -0.2) is 40.1 Å². The molecule has 1 fully saturated rings. The van der Waals surface area contributed by atoms with E-state index < -0.39 is 11.8 Å². The standard InChI is InChI=1S/C7H8F2N4O2/c8-7(9)2-13(3-7)1-4-5(6(10)14)12-15-11-4/h1-3H2,(H2,10,14). The number of hydrogen-bond donors (Lipinski definition) is 1. The average Bonchev–Trinajstić information content (AvgIpc) is 2.48. The van der Waals surface area contributed by atoms with E-state index in [-0.39, 0.29) is 31.0 Å². The first-order valence-electron chi connectivity index (χ1n) is 4.19. The first-order chi connectivity index (χ1) is 6.98. The molecule has 82 valence electrons. The fraction of sp³-hybridized carbons (Fsp3) is 0.571. The van der Waals surface area contributed by atoms with Gasteiger partial charge in [-0.2, -0.15) is 0 Å². The Bertz CT molecular complexity index is 384. The molecule has 15 heavy (non-hydrogen) atoms. The Labute approximate surface area is 83.0 Å². The van der Waals surface area contributed by atoms with E-state index in [1.807, 2.05) is 0 Å². The number of hydrogen-bond acceptors (Lipinski definition) is 5. The van der Waals surface area contributed by atoms with Crippen LogP contribution in [0.3, 0.4) is 0 Å². The quantitative estimate of drug-likeness (QED) is 0.747. The van der Waals surface area contributed by atoms with Crippen molar-refractivity contribution in [1.82, 2.24) is 15.2 Å². The van der Waals surface area contributed by atoms with Gasteiger partial charge in [-0.1, -0.05) is 5.16 Å².